The third-order valence-electron chi connectivity index (χ3n) is 5.00. The number of aryl methyl sites for hydroxylation is 1. The zero-order chi connectivity index (χ0) is 20.1. The van der Waals surface area contributed by atoms with Crippen molar-refractivity contribution >= 4 is 11.7 Å². The number of carbonyl (C=O) groups excluding carboxylic acids is 1. The first-order valence-corrected chi connectivity index (χ1v) is 9.79. The van der Waals surface area contributed by atoms with E-state index in [-0.39, 0.29) is 5.91 Å². The lowest BCUT2D eigenvalue weighted by molar-refractivity contribution is 0.0950. The van der Waals surface area contributed by atoms with Crippen molar-refractivity contribution in [1.82, 2.24) is 15.3 Å². The van der Waals surface area contributed by atoms with Crippen LogP contribution in [0.25, 0.3) is 11.3 Å². The minimum atomic E-state index is -0.126. The van der Waals surface area contributed by atoms with Crippen LogP contribution in [0.5, 0.6) is 0 Å². The largest absolute Gasteiger partial charge is 0.378 e. The first kappa shape index (κ1) is 19.1. The number of nitrogens with zero attached hydrogens (tertiary/aromatic N) is 3. The third kappa shape index (κ3) is 4.60. The average molecular weight is 388 g/mol. The number of carbonyl (C=O) groups is 1. The van der Waals surface area contributed by atoms with Gasteiger partial charge in [-0.2, -0.15) is 0 Å². The lowest BCUT2D eigenvalue weighted by atomic mass is 10.1. The molecule has 1 fully saturated rings. The fourth-order valence-corrected chi connectivity index (χ4v) is 3.38. The van der Waals surface area contributed by atoms with Gasteiger partial charge in [0.2, 0.25) is 0 Å². The first-order valence-electron chi connectivity index (χ1n) is 9.79. The van der Waals surface area contributed by atoms with Crippen LogP contribution in [-0.4, -0.2) is 42.2 Å². The zero-order valence-corrected chi connectivity index (χ0v) is 16.5. The number of benzene rings is 1. The van der Waals surface area contributed by atoms with E-state index in [9.17, 15) is 4.79 Å². The summed E-state index contributed by atoms with van der Waals surface area (Å²) < 4.78 is 5.39. The van der Waals surface area contributed by atoms with Crippen molar-refractivity contribution in [2.75, 3.05) is 31.2 Å². The van der Waals surface area contributed by atoms with Gasteiger partial charge < -0.3 is 15.0 Å². The highest BCUT2D eigenvalue weighted by atomic mass is 16.5. The second kappa shape index (κ2) is 8.84. The number of rotatable bonds is 5. The molecule has 148 valence electrons. The molecule has 1 N–H and O–H groups in total. The Morgan fingerprint density at radius 3 is 2.66 bits per heavy atom. The molecular formula is C23H24N4O2. The summed E-state index contributed by atoms with van der Waals surface area (Å²) in [5, 5.41) is 3.00. The Balaban J connectivity index is 1.42. The van der Waals surface area contributed by atoms with Crippen LogP contribution >= 0.6 is 0 Å². The fraction of sp³-hybridized carbons (Fsp3) is 0.261. The predicted octanol–water partition coefficient (Wildman–Crippen LogP) is 3.22. The molecule has 6 nitrogen and oxygen atoms in total. The van der Waals surface area contributed by atoms with Gasteiger partial charge in [0.15, 0.2) is 0 Å². The summed E-state index contributed by atoms with van der Waals surface area (Å²) >= 11 is 0. The van der Waals surface area contributed by atoms with Gasteiger partial charge in [-0.05, 0) is 36.8 Å². The second-order valence-electron chi connectivity index (χ2n) is 7.00. The Hall–Kier alpha value is -3.25. The summed E-state index contributed by atoms with van der Waals surface area (Å²) in [6.45, 7) is 5.41. The van der Waals surface area contributed by atoms with Crippen molar-refractivity contribution < 1.29 is 9.53 Å². The van der Waals surface area contributed by atoms with E-state index in [1.54, 1.807) is 6.20 Å². The van der Waals surface area contributed by atoms with Gasteiger partial charge in [0.05, 0.1) is 30.2 Å². The minimum Gasteiger partial charge on any atom is -0.378 e. The maximum Gasteiger partial charge on any atom is 0.253 e. The van der Waals surface area contributed by atoms with Crippen LogP contribution in [0.3, 0.4) is 0 Å². The molecule has 0 spiro atoms. The lowest BCUT2D eigenvalue weighted by Gasteiger charge is -2.28. The molecule has 0 aliphatic carbocycles. The number of morpholine rings is 1. The normalized spacial score (nSPS) is 13.9. The van der Waals surface area contributed by atoms with E-state index in [2.05, 4.69) is 20.2 Å². The fourth-order valence-electron chi connectivity index (χ4n) is 3.38. The van der Waals surface area contributed by atoms with Gasteiger partial charge in [-0.25, -0.2) is 4.98 Å². The number of amides is 1. The second-order valence-corrected chi connectivity index (χ2v) is 7.00. The Kier molecular flexibility index (Phi) is 5.81. The van der Waals surface area contributed by atoms with Gasteiger partial charge in [0, 0.05) is 31.4 Å². The number of hydrogen-bond donors (Lipinski definition) is 1. The standard InChI is InChI=1S/C23H24N4O2/c1-17-20(7-8-21(26-17)19-5-3-2-4-6-19)23(28)25-16-18-9-10-24-22(15-18)27-11-13-29-14-12-27/h2-10,15H,11-14,16H2,1H3,(H,25,28). The van der Waals surface area contributed by atoms with Crippen LogP contribution < -0.4 is 10.2 Å². The van der Waals surface area contributed by atoms with Crippen molar-refractivity contribution in [2.24, 2.45) is 0 Å². The monoisotopic (exact) mass is 388 g/mol. The molecule has 1 saturated heterocycles. The van der Waals surface area contributed by atoms with Gasteiger partial charge >= 0.3 is 0 Å². The van der Waals surface area contributed by atoms with Gasteiger partial charge in [-0.1, -0.05) is 30.3 Å². The molecule has 3 heterocycles. The van der Waals surface area contributed by atoms with Gasteiger partial charge in [0.25, 0.3) is 5.91 Å². The third-order valence-corrected chi connectivity index (χ3v) is 5.00. The number of anilines is 1. The highest BCUT2D eigenvalue weighted by molar-refractivity contribution is 5.95. The van der Waals surface area contributed by atoms with Crippen molar-refractivity contribution in [3.05, 3.63) is 77.6 Å². The van der Waals surface area contributed by atoms with Gasteiger partial charge in [-0.3, -0.25) is 9.78 Å². The van der Waals surface area contributed by atoms with Crippen LogP contribution in [0, 0.1) is 6.92 Å². The molecule has 0 bridgehead atoms. The molecule has 0 atom stereocenters. The number of ether oxygens (including phenoxy) is 1. The Morgan fingerprint density at radius 1 is 1.10 bits per heavy atom. The summed E-state index contributed by atoms with van der Waals surface area (Å²) in [5.74, 6) is 0.796. The molecule has 1 aliphatic rings. The smallest absolute Gasteiger partial charge is 0.253 e. The van der Waals surface area contributed by atoms with Crippen molar-refractivity contribution in [3.63, 3.8) is 0 Å². The van der Waals surface area contributed by atoms with E-state index in [1.807, 2.05) is 61.5 Å². The van der Waals surface area contributed by atoms with Crippen LogP contribution in [0.4, 0.5) is 5.82 Å². The van der Waals surface area contributed by atoms with Crippen LogP contribution in [0.2, 0.25) is 0 Å². The summed E-state index contributed by atoms with van der Waals surface area (Å²) in [7, 11) is 0. The van der Waals surface area contributed by atoms with Crippen molar-refractivity contribution in [3.8, 4) is 11.3 Å². The molecule has 4 rings (SSSR count). The van der Waals surface area contributed by atoms with E-state index in [4.69, 9.17) is 4.74 Å². The molecule has 2 aromatic heterocycles. The minimum absolute atomic E-state index is 0.126. The molecule has 1 aliphatic heterocycles. The Labute approximate surface area is 170 Å². The van der Waals surface area contributed by atoms with Crippen LogP contribution in [0.15, 0.2) is 60.8 Å². The average Bonchev–Trinajstić information content (AvgIpc) is 2.79. The first-order chi connectivity index (χ1) is 14.2. The molecule has 1 amide bonds. The van der Waals surface area contributed by atoms with Crippen LogP contribution in [-0.2, 0) is 11.3 Å². The maximum absolute atomic E-state index is 12.7. The number of pyridine rings is 2. The predicted molar refractivity (Wildman–Crippen MR) is 113 cm³/mol. The molecule has 29 heavy (non-hydrogen) atoms. The van der Waals surface area contributed by atoms with Gasteiger partial charge in [-0.15, -0.1) is 0 Å². The molecule has 0 unspecified atom stereocenters. The van der Waals surface area contributed by atoms with Crippen molar-refractivity contribution in [1.29, 1.82) is 0 Å². The molecule has 6 heteroatoms. The molecule has 0 radical (unpaired) electrons. The van der Waals surface area contributed by atoms with E-state index >= 15 is 0 Å². The van der Waals surface area contributed by atoms with E-state index < -0.39 is 0 Å². The maximum atomic E-state index is 12.7. The van der Waals surface area contributed by atoms with E-state index in [1.165, 1.54) is 0 Å². The molecule has 3 aromatic rings. The molecule has 0 saturated carbocycles. The Bertz CT molecular complexity index is 985. The van der Waals surface area contributed by atoms with E-state index in [0.29, 0.717) is 31.0 Å². The quantitative estimate of drug-likeness (QED) is 0.727. The summed E-state index contributed by atoms with van der Waals surface area (Å²) in [4.78, 5) is 23.9. The number of aromatic nitrogens is 2. The van der Waals surface area contributed by atoms with E-state index in [0.717, 1.165) is 35.7 Å². The molecule has 1 aromatic carbocycles. The highest BCUT2D eigenvalue weighted by Crippen LogP contribution is 2.19. The number of nitrogens with one attached hydrogen (secondary N) is 1. The summed E-state index contributed by atoms with van der Waals surface area (Å²) in [6.07, 6.45) is 1.79. The summed E-state index contributed by atoms with van der Waals surface area (Å²) in [5.41, 5.74) is 4.22. The number of hydrogen-bond acceptors (Lipinski definition) is 5. The zero-order valence-electron chi connectivity index (χ0n) is 16.5. The highest BCUT2D eigenvalue weighted by Gasteiger charge is 2.14. The Morgan fingerprint density at radius 2 is 1.90 bits per heavy atom. The molecular weight excluding hydrogens is 364 g/mol. The van der Waals surface area contributed by atoms with Crippen LogP contribution in [0.1, 0.15) is 21.6 Å². The topological polar surface area (TPSA) is 67.4 Å². The van der Waals surface area contributed by atoms with Gasteiger partial charge in [0.1, 0.15) is 5.82 Å². The summed E-state index contributed by atoms with van der Waals surface area (Å²) in [6, 6.07) is 17.6. The van der Waals surface area contributed by atoms with Crippen molar-refractivity contribution in [2.45, 2.75) is 13.5 Å². The lowest BCUT2D eigenvalue weighted by Crippen LogP contribution is -2.36. The SMILES string of the molecule is Cc1nc(-c2ccccc2)ccc1C(=O)NCc1ccnc(N2CCOCC2)c1.